The van der Waals surface area contributed by atoms with Crippen LogP contribution < -0.4 is 5.32 Å². The van der Waals surface area contributed by atoms with Crippen LogP contribution in [-0.2, 0) is 0 Å². The number of nitrogens with one attached hydrogen (secondary N) is 1. The van der Waals surface area contributed by atoms with Gasteiger partial charge in [-0.2, -0.15) is 0 Å². The Hall–Kier alpha value is -2.53. The van der Waals surface area contributed by atoms with Gasteiger partial charge in [-0.15, -0.1) is 11.8 Å². The van der Waals surface area contributed by atoms with Gasteiger partial charge in [0.25, 0.3) is 5.91 Å². The highest BCUT2D eigenvalue weighted by molar-refractivity contribution is 7.98. The van der Waals surface area contributed by atoms with Gasteiger partial charge < -0.3 is 10.2 Å². The highest BCUT2D eigenvalue weighted by Gasteiger charge is 2.21. The summed E-state index contributed by atoms with van der Waals surface area (Å²) in [5, 5.41) is 4.56. The van der Waals surface area contributed by atoms with Crippen LogP contribution in [0.1, 0.15) is 35.3 Å². The number of pyridine rings is 1. The van der Waals surface area contributed by atoms with Crippen molar-refractivity contribution in [2.75, 3.05) is 24.7 Å². The van der Waals surface area contributed by atoms with Crippen molar-refractivity contribution in [2.24, 2.45) is 0 Å². The van der Waals surface area contributed by atoms with Crippen molar-refractivity contribution >= 4 is 39.9 Å². The quantitative estimate of drug-likeness (QED) is 0.585. The Kier molecular flexibility index (Phi) is 5.53. The number of likely N-dealkylation sites (tertiary alicyclic amines) is 1. The smallest absolute Gasteiger partial charge is 0.272 e. The molecule has 144 valence electrons. The largest absolute Gasteiger partial charge is 0.355 e. The van der Waals surface area contributed by atoms with Crippen LogP contribution in [0.4, 0.5) is 11.4 Å². The van der Waals surface area contributed by atoms with Crippen molar-refractivity contribution in [3.8, 4) is 0 Å². The summed E-state index contributed by atoms with van der Waals surface area (Å²) in [7, 11) is 0. The number of benzene rings is 2. The van der Waals surface area contributed by atoms with E-state index in [-0.39, 0.29) is 5.91 Å². The monoisotopic (exact) mass is 391 g/mol. The molecule has 2 heterocycles. The lowest BCUT2D eigenvalue weighted by atomic mass is 10.1. The molecule has 1 N–H and O–H groups in total. The van der Waals surface area contributed by atoms with E-state index in [2.05, 4.69) is 36.7 Å². The number of rotatable bonds is 4. The zero-order valence-electron chi connectivity index (χ0n) is 16.4. The van der Waals surface area contributed by atoms with Crippen LogP contribution in [0.25, 0.3) is 10.9 Å². The fraction of sp³-hybridized carbons (Fsp3) is 0.304. The van der Waals surface area contributed by atoms with E-state index in [4.69, 9.17) is 4.98 Å². The predicted octanol–water partition coefficient (Wildman–Crippen LogP) is 5.63. The van der Waals surface area contributed by atoms with Crippen molar-refractivity contribution in [1.82, 2.24) is 9.88 Å². The molecule has 0 radical (unpaired) electrons. The minimum Gasteiger partial charge on any atom is -0.355 e. The Balaban J connectivity index is 1.76. The average Bonchev–Trinajstić information content (AvgIpc) is 2.74. The van der Waals surface area contributed by atoms with Crippen molar-refractivity contribution < 1.29 is 4.79 Å². The first-order valence-corrected chi connectivity index (χ1v) is 11.0. The summed E-state index contributed by atoms with van der Waals surface area (Å²) < 4.78 is 0. The summed E-state index contributed by atoms with van der Waals surface area (Å²) in [6.07, 6.45) is 5.42. The molecule has 5 heteroatoms. The van der Waals surface area contributed by atoms with Gasteiger partial charge in [-0.3, -0.25) is 4.79 Å². The van der Waals surface area contributed by atoms with Gasteiger partial charge in [-0.1, -0.05) is 17.7 Å². The minimum absolute atomic E-state index is 0.0306. The topological polar surface area (TPSA) is 45.2 Å². The van der Waals surface area contributed by atoms with Crippen LogP contribution in [0.2, 0.25) is 0 Å². The Labute approximate surface area is 170 Å². The zero-order valence-corrected chi connectivity index (χ0v) is 17.2. The van der Waals surface area contributed by atoms with Gasteiger partial charge in [-0.25, -0.2) is 4.98 Å². The number of hydrogen-bond donors (Lipinski definition) is 1. The zero-order chi connectivity index (χ0) is 19.5. The van der Waals surface area contributed by atoms with E-state index in [1.807, 2.05) is 35.2 Å². The molecule has 0 atom stereocenters. The number of piperidine rings is 1. The van der Waals surface area contributed by atoms with Crippen LogP contribution in [-0.4, -0.2) is 35.1 Å². The predicted molar refractivity (Wildman–Crippen MR) is 118 cm³/mol. The second kappa shape index (κ2) is 8.23. The molecule has 0 spiro atoms. The van der Waals surface area contributed by atoms with E-state index in [1.165, 1.54) is 16.9 Å². The van der Waals surface area contributed by atoms with E-state index in [1.54, 1.807) is 11.8 Å². The first-order chi connectivity index (χ1) is 13.6. The molecule has 4 rings (SSSR count). The summed E-state index contributed by atoms with van der Waals surface area (Å²) in [6, 6.07) is 16.4. The summed E-state index contributed by atoms with van der Waals surface area (Å²) in [5.74, 6) is 0.0306. The molecule has 28 heavy (non-hydrogen) atoms. The van der Waals surface area contributed by atoms with Crippen molar-refractivity contribution in [2.45, 2.75) is 31.1 Å². The molecule has 1 aliphatic rings. The first kappa shape index (κ1) is 18.8. The molecule has 1 saturated heterocycles. The number of fused-ring (bicyclic) bond motifs is 1. The van der Waals surface area contributed by atoms with Crippen molar-refractivity contribution in [3.05, 3.63) is 59.8 Å². The second-order valence-corrected chi connectivity index (χ2v) is 8.17. The van der Waals surface area contributed by atoms with Crippen LogP contribution in [0.15, 0.2) is 53.4 Å². The van der Waals surface area contributed by atoms with E-state index >= 15 is 0 Å². The van der Waals surface area contributed by atoms with E-state index in [0.29, 0.717) is 5.69 Å². The summed E-state index contributed by atoms with van der Waals surface area (Å²) in [4.78, 5) is 20.9. The third-order valence-corrected chi connectivity index (χ3v) is 5.90. The lowest BCUT2D eigenvalue weighted by Crippen LogP contribution is -2.36. The SMILES string of the molecule is CSc1cccc(Nc2cc(C(=O)N3CCCCC3)nc3ccc(C)cc23)c1. The number of thioether (sulfide) groups is 1. The van der Waals surface area contributed by atoms with Crippen LogP contribution >= 0.6 is 11.8 Å². The molecule has 2 aromatic carbocycles. The Bertz CT molecular complexity index is 1010. The lowest BCUT2D eigenvalue weighted by molar-refractivity contribution is 0.0719. The molecule has 0 aliphatic carbocycles. The second-order valence-electron chi connectivity index (χ2n) is 7.29. The fourth-order valence-electron chi connectivity index (χ4n) is 3.67. The van der Waals surface area contributed by atoms with Gasteiger partial charge >= 0.3 is 0 Å². The fourth-order valence-corrected chi connectivity index (χ4v) is 4.13. The molecule has 4 nitrogen and oxygen atoms in total. The first-order valence-electron chi connectivity index (χ1n) is 9.76. The molecule has 0 unspecified atom stereocenters. The summed E-state index contributed by atoms with van der Waals surface area (Å²) >= 11 is 1.71. The average molecular weight is 392 g/mol. The minimum atomic E-state index is 0.0306. The molecular formula is C23H25N3OS. The highest BCUT2D eigenvalue weighted by atomic mass is 32.2. The van der Waals surface area contributed by atoms with Crippen LogP contribution in [0.3, 0.4) is 0 Å². The third-order valence-electron chi connectivity index (χ3n) is 5.18. The van der Waals surface area contributed by atoms with Gasteiger partial charge in [0.1, 0.15) is 5.69 Å². The van der Waals surface area contributed by atoms with E-state index in [9.17, 15) is 4.79 Å². The number of anilines is 2. The summed E-state index contributed by atoms with van der Waals surface area (Å²) in [5.41, 5.74) is 4.47. The van der Waals surface area contributed by atoms with Gasteiger partial charge in [0, 0.05) is 29.1 Å². The number of amides is 1. The Morgan fingerprint density at radius 2 is 1.89 bits per heavy atom. The number of hydrogen-bond acceptors (Lipinski definition) is 4. The van der Waals surface area contributed by atoms with Gasteiger partial charge in [0.15, 0.2) is 0 Å². The normalized spacial score (nSPS) is 14.3. The molecule has 0 saturated carbocycles. The maximum atomic E-state index is 13.0. The maximum Gasteiger partial charge on any atom is 0.272 e. The molecule has 1 aromatic heterocycles. The van der Waals surface area contributed by atoms with Crippen molar-refractivity contribution in [1.29, 1.82) is 0 Å². The number of carbonyl (C=O) groups is 1. The standard InChI is InChI=1S/C23H25N3OS/c1-16-9-10-20-19(13-16)21(24-17-7-6-8-18(14-17)28-2)15-22(25-20)23(27)26-11-4-3-5-12-26/h6-10,13-15H,3-5,11-12H2,1-2H3,(H,24,25). The van der Waals surface area contributed by atoms with Gasteiger partial charge in [0.2, 0.25) is 0 Å². The Morgan fingerprint density at radius 3 is 2.68 bits per heavy atom. The number of aromatic nitrogens is 1. The molecule has 1 aliphatic heterocycles. The molecular weight excluding hydrogens is 366 g/mol. The molecule has 1 fully saturated rings. The van der Waals surface area contributed by atoms with Gasteiger partial charge in [-0.05, 0) is 68.8 Å². The Morgan fingerprint density at radius 1 is 1.07 bits per heavy atom. The summed E-state index contributed by atoms with van der Waals surface area (Å²) in [6.45, 7) is 3.72. The van der Waals surface area contributed by atoms with Crippen LogP contribution in [0.5, 0.6) is 0 Å². The number of nitrogens with zero attached hydrogens (tertiary/aromatic N) is 2. The maximum absolute atomic E-state index is 13.0. The number of aryl methyl sites for hydroxylation is 1. The highest BCUT2D eigenvalue weighted by Crippen LogP contribution is 2.29. The van der Waals surface area contributed by atoms with Gasteiger partial charge in [0.05, 0.1) is 11.2 Å². The molecule has 1 amide bonds. The number of carbonyl (C=O) groups excluding carboxylic acids is 1. The molecule has 0 bridgehead atoms. The third kappa shape index (κ3) is 3.99. The van der Waals surface area contributed by atoms with Crippen LogP contribution in [0, 0.1) is 6.92 Å². The van der Waals surface area contributed by atoms with Crippen molar-refractivity contribution in [3.63, 3.8) is 0 Å². The van der Waals surface area contributed by atoms with E-state index in [0.717, 1.165) is 48.2 Å². The lowest BCUT2D eigenvalue weighted by Gasteiger charge is -2.26. The van der Waals surface area contributed by atoms with E-state index < -0.39 is 0 Å². The molecule has 3 aromatic rings.